The van der Waals surface area contributed by atoms with Crippen molar-refractivity contribution in [3.8, 4) is 0 Å². The molecule has 0 saturated heterocycles. The second kappa shape index (κ2) is 6.58. The zero-order chi connectivity index (χ0) is 15.5. The van der Waals surface area contributed by atoms with Crippen LogP contribution in [0.15, 0.2) is 29.2 Å². The van der Waals surface area contributed by atoms with Crippen molar-refractivity contribution >= 4 is 15.9 Å². The van der Waals surface area contributed by atoms with E-state index in [4.69, 9.17) is 5.14 Å². The molecule has 0 radical (unpaired) electrons. The van der Waals surface area contributed by atoms with Gasteiger partial charge in [-0.25, -0.2) is 13.6 Å². The monoisotopic (exact) mass is 310 g/mol. The molecule has 3 N–H and O–H groups in total. The second-order valence-electron chi connectivity index (χ2n) is 5.87. The van der Waals surface area contributed by atoms with Crippen LogP contribution in [0.25, 0.3) is 0 Å². The van der Waals surface area contributed by atoms with Gasteiger partial charge in [-0.2, -0.15) is 0 Å². The first-order valence-corrected chi connectivity index (χ1v) is 8.80. The number of benzene rings is 1. The smallest absolute Gasteiger partial charge is 0.238 e. The van der Waals surface area contributed by atoms with Crippen LogP contribution in [-0.4, -0.2) is 20.4 Å². The number of sulfonamides is 1. The first kappa shape index (κ1) is 16.0. The molecular weight excluding hydrogens is 288 g/mol. The van der Waals surface area contributed by atoms with Gasteiger partial charge in [0.25, 0.3) is 0 Å². The van der Waals surface area contributed by atoms with E-state index in [0.717, 1.165) is 18.4 Å². The van der Waals surface area contributed by atoms with Crippen molar-refractivity contribution in [3.05, 3.63) is 29.8 Å². The molecule has 1 amide bonds. The fourth-order valence-electron chi connectivity index (χ4n) is 2.74. The van der Waals surface area contributed by atoms with Crippen molar-refractivity contribution in [1.82, 2.24) is 5.32 Å². The number of aryl methyl sites for hydroxylation is 1. The number of carbonyl (C=O) groups is 1. The Hall–Kier alpha value is -1.40. The van der Waals surface area contributed by atoms with Crippen molar-refractivity contribution in [2.75, 3.05) is 0 Å². The summed E-state index contributed by atoms with van der Waals surface area (Å²) in [5, 5.41) is 8.10. The maximum Gasteiger partial charge on any atom is 0.238 e. The first-order valence-electron chi connectivity index (χ1n) is 7.25. The molecule has 1 saturated carbocycles. The molecular formula is C15H22N2O3S. The highest BCUT2D eigenvalue weighted by atomic mass is 32.2. The summed E-state index contributed by atoms with van der Waals surface area (Å²) < 4.78 is 22.3. The number of nitrogens with two attached hydrogens (primary N) is 1. The average Bonchev–Trinajstić information content (AvgIpc) is 2.81. The molecule has 1 aliphatic carbocycles. The SMILES string of the molecule is CC1CCC(NC(=O)CCc2ccc(S(N)(=O)=O)cc2)C1. The quantitative estimate of drug-likeness (QED) is 0.865. The van der Waals surface area contributed by atoms with Gasteiger partial charge in [-0.05, 0) is 49.3 Å². The Morgan fingerprint density at radius 1 is 1.29 bits per heavy atom. The lowest BCUT2D eigenvalue weighted by atomic mass is 10.1. The van der Waals surface area contributed by atoms with Gasteiger partial charge in [-0.3, -0.25) is 4.79 Å². The van der Waals surface area contributed by atoms with Crippen LogP contribution in [0.2, 0.25) is 0 Å². The van der Waals surface area contributed by atoms with Crippen molar-refractivity contribution < 1.29 is 13.2 Å². The minimum atomic E-state index is -3.65. The van der Waals surface area contributed by atoms with Crippen LogP contribution in [0.1, 0.15) is 38.2 Å². The van der Waals surface area contributed by atoms with Crippen molar-refractivity contribution in [2.24, 2.45) is 11.1 Å². The Kier molecular flexibility index (Phi) is 5.00. The molecule has 116 valence electrons. The maximum atomic E-state index is 11.9. The van der Waals surface area contributed by atoms with E-state index in [-0.39, 0.29) is 10.8 Å². The van der Waals surface area contributed by atoms with Gasteiger partial charge in [-0.15, -0.1) is 0 Å². The number of nitrogens with one attached hydrogen (secondary N) is 1. The molecule has 6 heteroatoms. The van der Waals surface area contributed by atoms with Gasteiger partial charge in [0, 0.05) is 12.5 Å². The summed E-state index contributed by atoms with van der Waals surface area (Å²) in [5.41, 5.74) is 0.928. The molecule has 0 bridgehead atoms. The number of amides is 1. The zero-order valence-electron chi connectivity index (χ0n) is 12.2. The van der Waals surface area contributed by atoms with Crippen LogP contribution in [0, 0.1) is 5.92 Å². The van der Waals surface area contributed by atoms with E-state index in [1.165, 1.54) is 18.6 Å². The highest BCUT2D eigenvalue weighted by Gasteiger charge is 2.22. The predicted octanol–water partition coefficient (Wildman–Crippen LogP) is 1.57. The molecule has 2 atom stereocenters. The van der Waals surface area contributed by atoms with E-state index >= 15 is 0 Å². The second-order valence-corrected chi connectivity index (χ2v) is 7.43. The van der Waals surface area contributed by atoms with Gasteiger partial charge < -0.3 is 5.32 Å². The summed E-state index contributed by atoms with van der Waals surface area (Å²) in [4.78, 5) is 12.0. The number of rotatable bonds is 5. The van der Waals surface area contributed by atoms with Crippen LogP contribution in [0.5, 0.6) is 0 Å². The fourth-order valence-corrected chi connectivity index (χ4v) is 3.26. The molecule has 1 fully saturated rings. The Balaban J connectivity index is 1.81. The van der Waals surface area contributed by atoms with Crippen molar-refractivity contribution in [1.29, 1.82) is 0 Å². The molecule has 2 rings (SSSR count). The van der Waals surface area contributed by atoms with E-state index in [1.54, 1.807) is 12.1 Å². The lowest BCUT2D eigenvalue weighted by Crippen LogP contribution is -2.32. The lowest BCUT2D eigenvalue weighted by molar-refractivity contribution is -0.121. The van der Waals surface area contributed by atoms with Crippen LogP contribution < -0.4 is 10.5 Å². The van der Waals surface area contributed by atoms with E-state index in [2.05, 4.69) is 12.2 Å². The van der Waals surface area contributed by atoms with Gasteiger partial charge in [0.15, 0.2) is 0 Å². The third kappa shape index (κ3) is 4.82. The molecule has 1 aliphatic rings. The highest BCUT2D eigenvalue weighted by molar-refractivity contribution is 7.89. The summed E-state index contributed by atoms with van der Waals surface area (Å²) in [6.07, 6.45) is 4.32. The molecule has 21 heavy (non-hydrogen) atoms. The minimum absolute atomic E-state index is 0.0598. The Bertz CT molecular complexity index is 596. The number of carbonyl (C=O) groups excluding carboxylic acids is 1. The van der Waals surface area contributed by atoms with Gasteiger partial charge in [-0.1, -0.05) is 19.1 Å². The molecule has 0 aliphatic heterocycles. The summed E-state index contributed by atoms with van der Waals surface area (Å²) in [5.74, 6) is 0.755. The summed E-state index contributed by atoms with van der Waals surface area (Å²) in [6.45, 7) is 2.21. The topological polar surface area (TPSA) is 89.3 Å². The third-order valence-electron chi connectivity index (χ3n) is 3.95. The normalized spacial score (nSPS) is 22.2. The standard InChI is InChI=1S/C15H22N2O3S/c1-11-2-6-13(10-11)17-15(18)9-5-12-3-7-14(8-4-12)21(16,19)20/h3-4,7-8,11,13H,2,5-6,9-10H2,1H3,(H,17,18)(H2,16,19,20). The number of hydrogen-bond donors (Lipinski definition) is 2. The Morgan fingerprint density at radius 3 is 2.48 bits per heavy atom. The summed E-state index contributed by atoms with van der Waals surface area (Å²) >= 11 is 0. The maximum absolute atomic E-state index is 11.9. The van der Waals surface area contributed by atoms with Gasteiger partial charge >= 0.3 is 0 Å². The Morgan fingerprint density at radius 2 is 1.95 bits per heavy atom. The largest absolute Gasteiger partial charge is 0.353 e. The van der Waals surface area contributed by atoms with E-state index in [1.807, 2.05) is 0 Å². The molecule has 0 aromatic heterocycles. The van der Waals surface area contributed by atoms with Crippen LogP contribution in [0.3, 0.4) is 0 Å². The van der Waals surface area contributed by atoms with Gasteiger partial charge in [0.05, 0.1) is 4.90 Å². The van der Waals surface area contributed by atoms with Crippen LogP contribution in [0.4, 0.5) is 0 Å². The van der Waals surface area contributed by atoms with Crippen molar-refractivity contribution in [3.63, 3.8) is 0 Å². The van der Waals surface area contributed by atoms with Crippen LogP contribution >= 0.6 is 0 Å². The zero-order valence-corrected chi connectivity index (χ0v) is 13.0. The first-order chi connectivity index (χ1) is 9.84. The third-order valence-corrected chi connectivity index (χ3v) is 4.88. The molecule has 0 heterocycles. The average molecular weight is 310 g/mol. The number of primary sulfonamides is 1. The van der Waals surface area contributed by atoms with Crippen LogP contribution in [-0.2, 0) is 21.2 Å². The number of hydrogen-bond acceptors (Lipinski definition) is 3. The molecule has 5 nitrogen and oxygen atoms in total. The summed E-state index contributed by atoms with van der Waals surface area (Å²) in [7, 11) is -3.65. The fraction of sp³-hybridized carbons (Fsp3) is 0.533. The van der Waals surface area contributed by atoms with E-state index in [9.17, 15) is 13.2 Å². The highest BCUT2D eigenvalue weighted by Crippen LogP contribution is 2.24. The lowest BCUT2D eigenvalue weighted by Gasteiger charge is -2.12. The van der Waals surface area contributed by atoms with Gasteiger partial charge in [0.1, 0.15) is 0 Å². The predicted molar refractivity (Wildman–Crippen MR) is 81.1 cm³/mol. The summed E-state index contributed by atoms with van der Waals surface area (Å²) in [6, 6.07) is 6.66. The van der Waals surface area contributed by atoms with E-state index < -0.39 is 10.0 Å². The Labute approximate surface area is 126 Å². The molecule has 2 unspecified atom stereocenters. The molecule has 1 aromatic rings. The molecule has 1 aromatic carbocycles. The van der Waals surface area contributed by atoms with Crippen molar-refractivity contribution in [2.45, 2.75) is 50.0 Å². The molecule has 0 spiro atoms. The van der Waals surface area contributed by atoms with E-state index in [0.29, 0.717) is 24.8 Å². The van der Waals surface area contributed by atoms with Gasteiger partial charge in [0.2, 0.25) is 15.9 Å². The minimum Gasteiger partial charge on any atom is -0.353 e.